The highest BCUT2D eigenvalue weighted by atomic mass is 32.2. The van der Waals surface area contributed by atoms with Crippen LogP contribution in [0.1, 0.15) is 31.0 Å². The number of nitrogens with zero attached hydrogens (tertiary/aromatic N) is 6. The van der Waals surface area contributed by atoms with E-state index in [1.807, 2.05) is 21.4 Å². The summed E-state index contributed by atoms with van der Waals surface area (Å²) in [6.07, 6.45) is 2.76. The molecule has 10 nitrogen and oxygen atoms in total. The van der Waals surface area contributed by atoms with Crippen LogP contribution in [0.2, 0.25) is 0 Å². The molecule has 0 aromatic carbocycles. The number of carbonyl (C=O) groups is 2. The van der Waals surface area contributed by atoms with Crippen molar-refractivity contribution in [1.82, 2.24) is 29.5 Å². The van der Waals surface area contributed by atoms with Gasteiger partial charge in [0, 0.05) is 52.2 Å². The Labute approximate surface area is 187 Å². The third-order valence-corrected chi connectivity index (χ3v) is 9.11. The van der Waals surface area contributed by atoms with E-state index in [1.54, 1.807) is 0 Å². The molecule has 4 heterocycles. The second-order valence-corrected chi connectivity index (χ2v) is 11.7. The van der Waals surface area contributed by atoms with Gasteiger partial charge in [-0.2, -0.15) is 0 Å². The van der Waals surface area contributed by atoms with Crippen molar-refractivity contribution >= 4 is 33.4 Å². The van der Waals surface area contributed by atoms with E-state index in [0.29, 0.717) is 50.1 Å². The predicted octanol–water partition coefficient (Wildman–Crippen LogP) is -0.424. The van der Waals surface area contributed by atoms with Gasteiger partial charge in [0.05, 0.1) is 23.8 Å². The quantitative estimate of drug-likeness (QED) is 0.516. The SMILES string of the molecule is Cn1c(SCC(=O)N2CCN(CC(=O)N3CCCC3)CC2)nnc1C1CCS(=O)(=O)C1. The van der Waals surface area contributed by atoms with E-state index in [1.165, 1.54) is 11.8 Å². The Morgan fingerprint density at radius 1 is 1.00 bits per heavy atom. The van der Waals surface area contributed by atoms with Crippen LogP contribution in [0.4, 0.5) is 0 Å². The summed E-state index contributed by atoms with van der Waals surface area (Å²) < 4.78 is 25.3. The van der Waals surface area contributed by atoms with Gasteiger partial charge in [0.2, 0.25) is 11.8 Å². The second-order valence-electron chi connectivity index (χ2n) is 8.53. The molecule has 31 heavy (non-hydrogen) atoms. The van der Waals surface area contributed by atoms with Crippen LogP contribution >= 0.6 is 11.8 Å². The largest absolute Gasteiger partial charge is 0.342 e. The molecule has 0 bridgehead atoms. The maximum absolute atomic E-state index is 12.6. The van der Waals surface area contributed by atoms with Crippen LogP contribution in [0.3, 0.4) is 0 Å². The molecule has 4 rings (SSSR count). The third kappa shape index (κ3) is 5.40. The number of hydrogen-bond donors (Lipinski definition) is 0. The first-order chi connectivity index (χ1) is 14.8. The van der Waals surface area contributed by atoms with Gasteiger partial charge in [-0.3, -0.25) is 14.5 Å². The minimum absolute atomic E-state index is 0.0449. The Morgan fingerprint density at radius 2 is 1.68 bits per heavy atom. The second kappa shape index (κ2) is 9.45. The van der Waals surface area contributed by atoms with Crippen LogP contribution in [0.25, 0.3) is 0 Å². The fraction of sp³-hybridized carbons (Fsp3) is 0.789. The zero-order valence-corrected chi connectivity index (χ0v) is 19.5. The average Bonchev–Trinajstić information content (AvgIpc) is 3.47. The minimum atomic E-state index is -2.98. The van der Waals surface area contributed by atoms with Crippen LogP contribution in [0.5, 0.6) is 0 Å². The standard InChI is InChI=1S/C19H30N6O4S2/c1-22-18(15-4-11-31(28,29)14-15)20-21-19(22)30-13-17(27)25-9-7-23(8-10-25)12-16(26)24-5-2-3-6-24/h15H,2-14H2,1H3. The van der Waals surface area contributed by atoms with Crippen molar-refractivity contribution < 1.29 is 18.0 Å². The maximum atomic E-state index is 12.6. The number of rotatable bonds is 6. The number of hydrogen-bond acceptors (Lipinski definition) is 8. The molecule has 3 aliphatic rings. The number of amides is 2. The molecule has 0 spiro atoms. The molecule has 1 aromatic rings. The Hall–Kier alpha value is -1.66. The molecule has 172 valence electrons. The molecular weight excluding hydrogens is 440 g/mol. The highest BCUT2D eigenvalue weighted by Crippen LogP contribution is 2.29. The lowest BCUT2D eigenvalue weighted by Crippen LogP contribution is -2.51. The van der Waals surface area contributed by atoms with E-state index in [0.717, 1.165) is 25.9 Å². The lowest BCUT2D eigenvalue weighted by molar-refractivity contribution is -0.133. The zero-order chi connectivity index (χ0) is 22.0. The van der Waals surface area contributed by atoms with Gasteiger partial charge in [0.25, 0.3) is 0 Å². The molecule has 1 aromatic heterocycles. The summed E-state index contributed by atoms with van der Waals surface area (Å²) in [6, 6.07) is 0. The lowest BCUT2D eigenvalue weighted by Gasteiger charge is -2.35. The molecule has 0 N–H and O–H groups in total. The normalized spacial score (nSPS) is 24.1. The maximum Gasteiger partial charge on any atom is 0.236 e. The molecule has 12 heteroatoms. The summed E-state index contributed by atoms with van der Waals surface area (Å²) in [7, 11) is -1.16. The molecule has 0 saturated carbocycles. The van der Waals surface area contributed by atoms with Gasteiger partial charge in [-0.15, -0.1) is 10.2 Å². The lowest BCUT2D eigenvalue weighted by atomic mass is 10.1. The topological polar surface area (TPSA) is 109 Å². The monoisotopic (exact) mass is 470 g/mol. The summed E-state index contributed by atoms with van der Waals surface area (Å²) in [5.41, 5.74) is 0. The Bertz CT molecular complexity index is 920. The number of carbonyl (C=O) groups excluding carboxylic acids is 2. The van der Waals surface area contributed by atoms with Gasteiger partial charge >= 0.3 is 0 Å². The molecule has 1 atom stereocenters. The molecule has 3 aliphatic heterocycles. The Morgan fingerprint density at radius 3 is 2.32 bits per heavy atom. The van der Waals surface area contributed by atoms with Crippen molar-refractivity contribution in [3.05, 3.63) is 5.82 Å². The molecule has 3 saturated heterocycles. The van der Waals surface area contributed by atoms with Crippen molar-refractivity contribution in [3.8, 4) is 0 Å². The molecule has 1 unspecified atom stereocenters. The van der Waals surface area contributed by atoms with Crippen molar-refractivity contribution in [1.29, 1.82) is 0 Å². The summed E-state index contributed by atoms with van der Waals surface area (Å²) in [5, 5.41) is 8.98. The van der Waals surface area contributed by atoms with Gasteiger partial charge in [0.15, 0.2) is 15.0 Å². The third-order valence-electron chi connectivity index (χ3n) is 6.33. The van der Waals surface area contributed by atoms with Crippen LogP contribution in [-0.4, -0.2) is 113 Å². The fourth-order valence-electron chi connectivity index (χ4n) is 4.44. The van der Waals surface area contributed by atoms with Crippen molar-refractivity contribution in [2.24, 2.45) is 7.05 Å². The van der Waals surface area contributed by atoms with Crippen molar-refractivity contribution in [2.75, 3.05) is 63.1 Å². The summed E-state index contributed by atoms with van der Waals surface area (Å²) in [6.45, 7) is 4.84. The van der Waals surface area contributed by atoms with E-state index >= 15 is 0 Å². The molecule has 3 fully saturated rings. The average molecular weight is 471 g/mol. The van der Waals surface area contributed by atoms with Gasteiger partial charge in [-0.25, -0.2) is 8.42 Å². The first-order valence-corrected chi connectivity index (χ1v) is 13.6. The Kier molecular flexibility index (Phi) is 6.87. The van der Waals surface area contributed by atoms with Crippen LogP contribution in [-0.2, 0) is 26.5 Å². The number of piperazine rings is 1. The van der Waals surface area contributed by atoms with Crippen molar-refractivity contribution in [3.63, 3.8) is 0 Å². The van der Waals surface area contributed by atoms with Crippen molar-refractivity contribution in [2.45, 2.75) is 30.3 Å². The fourth-order valence-corrected chi connectivity index (χ4v) is 7.00. The molecule has 2 amide bonds. The smallest absolute Gasteiger partial charge is 0.236 e. The van der Waals surface area contributed by atoms with Gasteiger partial charge in [0.1, 0.15) is 5.82 Å². The molecule has 0 radical (unpaired) electrons. The highest BCUT2D eigenvalue weighted by Gasteiger charge is 2.33. The summed E-state index contributed by atoms with van der Waals surface area (Å²) in [5.74, 6) is 1.37. The predicted molar refractivity (Wildman–Crippen MR) is 117 cm³/mol. The summed E-state index contributed by atoms with van der Waals surface area (Å²) >= 11 is 1.33. The highest BCUT2D eigenvalue weighted by molar-refractivity contribution is 7.99. The van der Waals surface area contributed by atoms with E-state index in [4.69, 9.17) is 0 Å². The van der Waals surface area contributed by atoms with E-state index in [9.17, 15) is 18.0 Å². The number of likely N-dealkylation sites (tertiary alicyclic amines) is 1. The first-order valence-electron chi connectivity index (χ1n) is 10.8. The van der Waals surface area contributed by atoms with Crippen LogP contribution in [0.15, 0.2) is 5.16 Å². The van der Waals surface area contributed by atoms with Crippen LogP contribution in [0, 0.1) is 0 Å². The van der Waals surface area contributed by atoms with E-state index < -0.39 is 9.84 Å². The molecular formula is C19H30N6O4S2. The summed E-state index contributed by atoms with van der Waals surface area (Å²) in [4.78, 5) is 30.8. The number of thioether (sulfide) groups is 1. The minimum Gasteiger partial charge on any atom is -0.342 e. The zero-order valence-electron chi connectivity index (χ0n) is 17.9. The van der Waals surface area contributed by atoms with Crippen LogP contribution < -0.4 is 0 Å². The van der Waals surface area contributed by atoms with Gasteiger partial charge < -0.3 is 14.4 Å². The molecule has 0 aliphatic carbocycles. The van der Waals surface area contributed by atoms with Gasteiger partial charge in [-0.1, -0.05) is 11.8 Å². The number of aromatic nitrogens is 3. The van der Waals surface area contributed by atoms with Gasteiger partial charge in [-0.05, 0) is 19.3 Å². The Balaban J connectivity index is 1.22. The van der Waals surface area contributed by atoms with E-state index in [2.05, 4.69) is 15.1 Å². The van der Waals surface area contributed by atoms with E-state index in [-0.39, 0.29) is 35.0 Å². The first kappa shape index (κ1) is 22.5. The number of sulfone groups is 1.